The lowest BCUT2D eigenvalue weighted by Crippen LogP contribution is -2.47. The number of hydrogen-bond donors (Lipinski definition) is 3. The van der Waals surface area contributed by atoms with Gasteiger partial charge in [-0.3, -0.25) is 29.4 Å². The average Bonchev–Trinajstić information content (AvgIpc) is 3.35. The van der Waals surface area contributed by atoms with Crippen molar-refractivity contribution in [2.45, 2.75) is 64.7 Å². The second-order valence-corrected chi connectivity index (χ2v) is 14.9. The zero-order chi connectivity index (χ0) is 41.9. The maximum absolute atomic E-state index is 13.7. The van der Waals surface area contributed by atoms with Gasteiger partial charge in [-0.2, -0.15) is 18.4 Å². The fourth-order valence-electron chi connectivity index (χ4n) is 7.04. The number of pyridine rings is 1. The van der Waals surface area contributed by atoms with Crippen LogP contribution in [0.15, 0.2) is 66.6 Å². The van der Waals surface area contributed by atoms with E-state index in [4.69, 9.17) is 22.2 Å². The topological polar surface area (TPSA) is 163 Å². The van der Waals surface area contributed by atoms with Crippen LogP contribution in [0.25, 0.3) is 0 Å². The zero-order valence-electron chi connectivity index (χ0n) is 32.3. The number of nitrogens with zero attached hydrogens (tertiary/aromatic N) is 6. The maximum atomic E-state index is 13.7. The predicted molar refractivity (Wildman–Crippen MR) is 214 cm³/mol. The largest absolute Gasteiger partial charge is 0.491 e. The Bertz CT molecular complexity index is 2220. The summed E-state index contributed by atoms with van der Waals surface area (Å²) in [6.07, 6.45) is -0.620. The van der Waals surface area contributed by atoms with Gasteiger partial charge in [0.25, 0.3) is 5.91 Å². The summed E-state index contributed by atoms with van der Waals surface area (Å²) in [6.45, 7) is 9.48. The highest BCUT2D eigenvalue weighted by Crippen LogP contribution is 2.40. The van der Waals surface area contributed by atoms with Crippen LogP contribution in [0, 0.1) is 11.3 Å². The van der Waals surface area contributed by atoms with Crippen molar-refractivity contribution in [2.75, 3.05) is 53.2 Å². The molecule has 1 atom stereocenters. The van der Waals surface area contributed by atoms with Crippen LogP contribution in [0.2, 0.25) is 0 Å². The molecule has 0 spiro atoms. The second-order valence-electron chi connectivity index (χ2n) is 14.5. The number of nitriles is 1. The molecule has 1 aromatic heterocycles. The molecule has 0 bridgehead atoms. The molecule has 0 aliphatic carbocycles. The van der Waals surface area contributed by atoms with E-state index in [9.17, 15) is 32.3 Å². The highest BCUT2D eigenvalue weighted by molar-refractivity contribution is 7.81. The van der Waals surface area contributed by atoms with Crippen molar-refractivity contribution in [1.29, 1.82) is 5.26 Å². The van der Waals surface area contributed by atoms with E-state index >= 15 is 0 Å². The standard InChI is InChI=1S/C40H42F3N9O5S/c1-5-25-17-28(52-38(58)51(37(56)39(52,3)4)29-19-30(40(41,42)43)32(20-44)45-21-29)9-11-33(25)57-16-15-49-13-14-50(24(2)22-49)23-35(54)47-27-8-6-7-26(18-27)46-31-10-12-34(53)48-36(31)55/h6-9,11,17-19,21-22,31,46H,5,10,12-16,23H2,1-4H3,(H,47,54)(H,48,53,55). The first-order valence-electron chi connectivity index (χ1n) is 18.6. The third kappa shape index (κ3) is 8.84. The number of rotatable bonds is 12. The number of ether oxygens (including phenoxy) is 1. The van der Waals surface area contributed by atoms with Crippen molar-refractivity contribution in [3.8, 4) is 11.8 Å². The van der Waals surface area contributed by atoms with Gasteiger partial charge in [0.2, 0.25) is 17.7 Å². The summed E-state index contributed by atoms with van der Waals surface area (Å²) in [4.78, 5) is 60.6. The monoisotopic (exact) mass is 817 g/mol. The molecule has 18 heteroatoms. The van der Waals surface area contributed by atoms with Gasteiger partial charge < -0.3 is 30.1 Å². The van der Waals surface area contributed by atoms with Gasteiger partial charge in [0.05, 0.1) is 30.5 Å². The van der Waals surface area contributed by atoms with Crippen LogP contribution in [0.1, 0.15) is 57.4 Å². The van der Waals surface area contributed by atoms with Crippen molar-refractivity contribution in [3.63, 3.8) is 0 Å². The van der Waals surface area contributed by atoms with Gasteiger partial charge in [0.15, 0.2) is 10.8 Å². The number of carbonyl (C=O) groups is 4. The number of thiocarbonyl (C=S) groups is 1. The first kappa shape index (κ1) is 41.4. The number of nitrogens with one attached hydrogen (secondary N) is 3. The number of aryl methyl sites for hydroxylation is 1. The first-order valence-corrected chi connectivity index (χ1v) is 19.0. The number of amides is 4. The van der Waals surface area contributed by atoms with Gasteiger partial charge in [0.1, 0.15) is 30.0 Å². The van der Waals surface area contributed by atoms with E-state index in [1.54, 1.807) is 55.1 Å². The Morgan fingerprint density at radius 1 is 1.10 bits per heavy atom. The van der Waals surface area contributed by atoms with Crippen LogP contribution in [-0.2, 0) is 31.8 Å². The Labute approximate surface area is 338 Å². The van der Waals surface area contributed by atoms with Crippen LogP contribution in [0.4, 0.5) is 35.9 Å². The molecule has 58 heavy (non-hydrogen) atoms. The van der Waals surface area contributed by atoms with Crippen LogP contribution < -0.4 is 30.5 Å². The van der Waals surface area contributed by atoms with Gasteiger partial charge in [-0.05, 0) is 93.9 Å². The molecule has 3 N–H and O–H groups in total. The lowest BCUT2D eigenvalue weighted by Gasteiger charge is -2.34. The maximum Gasteiger partial charge on any atom is 0.419 e. The number of halogens is 3. The Balaban J connectivity index is 1.04. The Hall–Kier alpha value is -6.22. The van der Waals surface area contributed by atoms with Gasteiger partial charge in [-0.1, -0.05) is 13.0 Å². The lowest BCUT2D eigenvalue weighted by molar-refractivity contribution is -0.138. The van der Waals surface area contributed by atoms with E-state index < -0.39 is 34.9 Å². The normalized spacial score (nSPS) is 18.2. The highest BCUT2D eigenvalue weighted by atomic mass is 32.1. The number of imide groups is 1. The van der Waals surface area contributed by atoms with E-state index in [1.807, 2.05) is 31.0 Å². The quantitative estimate of drug-likeness (QED) is 0.163. The van der Waals surface area contributed by atoms with E-state index in [-0.39, 0.29) is 41.5 Å². The predicted octanol–water partition coefficient (Wildman–Crippen LogP) is 5.16. The number of piperidine rings is 1. The summed E-state index contributed by atoms with van der Waals surface area (Å²) in [7, 11) is 0. The number of benzene rings is 2. The Kier molecular flexibility index (Phi) is 11.9. The number of aromatic nitrogens is 1. The first-order chi connectivity index (χ1) is 27.5. The van der Waals surface area contributed by atoms with Crippen molar-refractivity contribution in [3.05, 3.63) is 83.4 Å². The number of hydrogen-bond acceptors (Lipinski definition) is 11. The van der Waals surface area contributed by atoms with E-state index in [1.165, 1.54) is 6.07 Å². The second kappa shape index (κ2) is 16.7. The molecule has 3 aliphatic heterocycles. The molecule has 2 fully saturated rings. The molecule has 2 aromatic carbocycles. The SMILES string of the molecule is CCc1cc(N2C(=S)N(c3cnc(C#N)c(C(F)(F)F)c3)C(=O)C2(C)C)ccc1OCCN1C=C(C)N(CC(=O)Nc2cccc(NC3CCC(=O)NC3=O)c2)CC1. The summed E-state index contributed by atoms with van der Waals surface area (Å²) in [5.74, 6) is -0.780. The summed E-state index contributed by atoms with van der Waals surface area (Å²) < 4.78 is 47.4. The van der Waals surface area contributed by atoms with Crippen molar-refractivity contribution < 1.29 is 37.1 Å². The zero-order valence-corrected chi connectivity index (χ0v) is 33.1. The van der Waals surface area contributed by atoms with Gasteiger partial charge in [-0.15, -0.1) is 0 Å². The molecule has 14 nitrogen and oxygen atoms in total. The third-order valence-electron chi connectivity index (χ3n) is 10.1. The van der Waals surface area contributed by atoms with Crippen LogP contribution in [0.3, 0.4) is 0 Å². The minimum absolute atomic E-state index is 0.0299. The van der Waals surface area contributed by atoms with Crippen LogP contribution in [0.5, 0.6) is 5.75 Å². The lowest BCUT2D eigenvalue weighted by atomic mass is 10.0. The molecular formula is C40H42F3N9O5S. The van der Waals surface area contributed by atoms with Crippen LogP contribution >= 0.6 is 12.2 Å². The number of alkyl halides is 3. The summed E-state index contributed by atoms with van der Waals surface area (Å²) in [5.41, 5.74) is 0.0201. The summed E-state index contributed by atoms with van der Waals surface area (Å²) in [5, 5.41) is 17.5. The summed E-state index contributed by atoms with van der Waals surface area (Å²) in [6, 6.07) is 14.1. The molecule has 4 heterocycles. The van der Waals surface area contributed by atoms with Crippen molar-refractivity contribution in [2.24, 2.45) is 0 Å². The molecule has 304 valence electrons. The molecule has 1 unspecified atom stereocenters. The molecule has 6 rings (SSSR count). The molecule has 3 aromatic rings. The van der Waals surface area contributed by atoms with Gasteiger partial charge in [0, 0.05) is 48.5 Å². The third-order valence-corrected chi connectivity index (χ3v) is 10.5. The molecule has 0 saturated carbocycles. The molecule has 3 aliphatic rings. The summed E-state index contributed by atoms with van der Waals surface area (Å²) >= 11 is 5.68. The van der Waals surface area contributed by atoms with E-state index in [2.05, 4.69) is 25.8 Å². The number of carbonyl (C=O) groups excluding carboxylic acids is 4. The Morgan fingerprint density at radius 3 is 2.55 bits per heavy atom. The van der Waals surface area contributed by atoms with Crippen molar-refractivity contribution in [1.82, 2.24) is 20.1 Å². The fraction of sp³-hybridized carbons (Fsp3) is 0.375. The van der Waals surface area contributed by atoms with Gasteiger partial charge >= 0.3 is 6.18 Å². The smallest absolute Gasteiger partial charge is 0.419 e. The van der Waals surface area contributed by atoms with Gasteiger partial charge in [-0.25, -0.2) is 4.98 Å². The molecular weight excluding hydrogens is 776 g/mol. The Morgan fingerprint density at radius 2 is 1.86 bits per heavy atom. The molecule has 2 saturated heterocycles. The molecule has 0 radical (unpaired) electrons. The number of allylic oxidation sites excluding steroid dienone is 1. The minimum atomic E-state index is -4.86. The van der Waals surface area contributed by atoms with Crippen LogP contribution in [-0.4, -0.2) is 87.9 Å². The molecule has 4 amide bonds. The minimum Gasteiger partial charge on any atom is -0.491 e. The average molecular weight is 818 g/mol. The fourth-order valence-corrected chi connectivity index (χ4v) is 7.56. The highest BCUT2D eigenvalue weighted by Gasteiger charge is 2.51. The number of anilines is 4. The van der Waals surface area contributed by atoms with Crippen molar-refractivity contribution >= 4 is 63.7 Å². The van der Waals surface area contributed by atoms with E-state index in [0.717, 1.165) is 22.4 Å². The van der Waals surface area contributed by atoms with E-state index in [0.29, 0.717) is 68.0 Å².